The van der Waals surface area contributed by atoms with Crippen molar-refractivity contribution in [1.82, 2.24) is 0 Å². The van der Waals surface area contributed by atoms with Gasteiger partial charge in [-0.15, -0.1) is 0 Å². The summed E-state index contributed by atoms with van der Waals surface area (Å²) in [6, 6.07) is 0. The van der Waals surface area contributed by atoms with Crippen molar-refractivity contribution in [1.29, 1.82) is 0 Å². The zero-order chi connectivity index (χ0) is 14.5. The van der Waals surface area contributed by atoms with Gasteiger partial charge in [0, 0.05) is 0 Å². The average molecular weight is 340 g/mol. The molecule has 0 spiro atoms. The monoisotopic (exact) mass is 340 g/mol. The summed E-state index contributed by atoms with van der Waals surface area (Å²) in [4.78, 5) is 0. The maximum atomic E-state index is 12.2. The van der Waals surface area contributed by atoms with E-state index in [2.05, 4.69) is 0 Å². The van der Waals surface area contributed by atoms with E-state index in [0.29, 0.717) is 0 Å². The van der Waals surface area contributed by atoms with E-state index in [1.165, 1.54) is 0 Å². The standard InChI is InChI=1S/C4HF9O3S.K.H/c5-1(6,3(9,10)11)2(7,8)4(12,13)17(14,15)16;;/h(H,14,15,16);;/q;+1;-1. The minimum atomic E-state index is -7.37. The zero-order valence-corrected chi connectivity index (χ0v) is 12.0. The fourth-order valence-corrected chi connectivity index (χ4v) is 0.975. The Balaban J connectivity index is -0.00000128. The molecule has 0 saturated carbocycles. The van der Waals surface area contributed by atoms with Crippen molar-refractivity contribution in [3.63, 3.8) is 0 Å². The fourth-order valence-electron chi connectivity index (χ4n) is 0.523. The molecule has 0 bridgehead atoms. The van der Waals surface area contributed by atoms with Gasteiger partial charge in [-0.25, -0.2) is 0 Å². The van der Waals surface area contributed by atoms with Crippen molar-refractivity contribution in [2.75, 3.05) is 0 Å². The van der Waals surface area contributed by atoms with Crippen LogP contribution in [-0.4, -0.2) is 36.2 Å². The minimum absolute atomic E-state index is 0. The first-order valence-electron chi connectivity index (χ1n) is 3.17. The number of rotatable bonds is 3. The molecule has 0 aliphatic carbocycles. The molecule has 0 aliphatic heterocycles. The molecule has 0 aromatic rings. The summed E-state index contributed by atoms with van der Waals surface area (Å²) in [7, 11) is -7.17. The summed E-state index contributed by atoms with van der Waals surface area (Å²) in [5, 5.41) is -7.00. The van der Waals surface area contributed by atoms with E-state index >= 15 is 0 Å². The van der Waals surface area contributed by atoms with Crippen LogP contribution >= 0.6 is 0 Å². The van der Waals surface area contributed by atoms with Crippen LogP contribution in [0.15, 0.2) is 0 Å². The predicted molar refractivity (Wildman–Crippen MR) is 33.6 cm³/mol. The molecule has 3 nitrogen and oxygen atoms in total. The van der Waals surface area contributed by atoms with Gasteiger partial charge in [-0.05, 0) is 0 Å². The van der Waals surface area contributed by atoms with Crippen LogP contribution in [-0.2, 0) is 10.1 Å². The Bertz CT molecular complexity index is 404. The van der Waals surface area contributed by atoms with E-state index < -0.39 is 33.4 Å². The van der Waals surface area contributed by atoms with E-state index in [9.17, 15) is 47.9 Å². The van der Waals surface area contributed by atoms with Crippen molar-refractivity contribution < 1.29 is 105 Å². The molecule has 0 aromatic carbocycles. The van der Waals surface area contributed by atoms with E-state index in [-0.39, 0.29) is 52.8 Å². The Morgan fingerprint density at radius 2 is 1.06 bits per heavy atom. The topological polar surface area (TPSA) is 54.4 Å². The van der Waals surface area contributed by atoms with Crippen LogP contribution in [0.25, 0.3) is 0 Å². The SMILES string of the molecule is O=S(=O)(O)C(F)(F)C(F)(F)C(F)(F)C(F)(F)F.[H-].[K+]. The number of hydrogen-bond donors (Lipinski definition) is 1. The van der Waals surface area contributed by atoms with Crippen LogP contribution in [0.1, 0.15) is 1.43 Å². The number of hydrogen-bond acceptors (Lipinski definition) is 2. The molecule has 0 amide bonds. The van der Waals surface area contributed by atoms with Gasteiger partial charge < -0.3 is 1.43 Å². The third kappa shape index (κ3) is 3.14. The van der Waals surface area contributed by atoms with Gasteiger partial charge in [0.15, 0.2) is 0 Å². The summed E-state index contributed by atoms with van der Waals surface area (Å²) in [6.45, 7) is 0. The number of alkyl halides is 9. The molecule has 0 fully saturated rings. The Kier molecular flexibility index (Phi) is 6.32. The Morgan fingerprint density at radius 1 is 0.778 bits per heavy atom. The van der Waals surface area contributed by atoms with Crippen molar-refractivity contribution in [2.45, 2.75) is 23.3 Å². The van der Waals surface area contributed by atoms with Gasteiger partial charge in [-0.3, -0.25) is 4.55 Å². The second-order valence-electron chi connectivity index (χ2n) is 2.64. The van der Waals surface area contributed by atoms with E-state index in [0.717, 1.165) is 0 Å². The van der Waals surface area contributed by atoms with E-state index in [4.69, 9.17) is 4.55 Å². The average Bonchev–Trinajstić information content (AvgIpc) is 1.98. The first-order valence-corrected chi connectivity index (χ1v) is 4.61. The summed E-state index contributed by atoms with van der Waals surface area (Å²) in [5.41, 5.74) is 0. The molecule has 14 heteroatoms. The predicted octanol–water partition coefficient (Wildman–Crippen LogP) is -0.584. The first kappa shape index (κ1) is 21.2. The van der Waals surface area contributed by atoms with Crippen LogP contribution in [0.3, 0.4) is 0 Å². The molecule has 0 aromatic heterocycles. The Hall–Kier alpha value is 0.916. The quantitative estimate of drug-likeness (QED) is 0.425. The molecule has 0 atom stereocenters. The second-order valence-corrected chi connectivity index (χ2v) is 4.10. The van der Waals surface area contributed by atoms with Crippen molar-refractivity contribution in [3.05, 3.63) is 0 Å². The molecule has 0 aliphatic rings. The summed E-state index contributed by atoms with van der Waals surface area (Å²) < 4.78 is 134. The van der Waals surface area contributed by atoms with Crippen molar-refractivity contribution >= 4 is 10.1 Å². The third-order valence-corrected chi connectivity index (χ3v) is 2.34. The van der Waals surface area contributed by atoms with Crippen molar-refractivity contribution in [3.8, 4) is 0 Å². The Morgan fingerprint density at radius 3 is 1.22 bits per heavy atom. The molecule has 0 rings (SSSR count). The van der Waals surface area contributed by atoms with Crippen LogP contribution in [0.5, 0.6) is 0 Å². The van der Waals surface area contributed by atoms with Gasteiger partial charge in [-0.2, -0.15) is 47.9 Å². The molecule has 0 heterocycles. The molecule has 0 saturated heterocycles. The zero-order valence-electron chi connectivity index (χ0n) is 9.07. The summed E-state index contributed by atoms with van der Waals surface area (Å²) in [5.74, 6) is -14.7. The minimum Gasteiger partial charge on any atom is -1.00 e. The molecule has 0 unspecified atom stereocenters. The Labute approximate surface area is 137 Å². The van der Waals surface area contributed by atoms with Crippen LogP contribution in [0.2, 0.25) is 0 Å². The van der Waals surface area contributed by atoms with Crippen LogP contribution < -0.4 is 51.4 Å². The smallest absolute Gasteiger partial charge is 1.00 e. The number of halogens is 9. The van der Waals surface area contributed by atoms with Gasteiger partial charge >= 0.3 is 84.8 Å². The third-order valence-electron chi connectivity index (χ3n) is 1.44. The van der Waals surface area contributed by atoms with Gasteiger partial charge in [-0.1, -0.05) is 0 Å². The van der Waals surface area contributed by atoms with E-state index in [1.807, 2.05) is 0 Å². The second kappa shape index (κ2) is 5.36. The van der Waals surface area contributed by atoms with Crippen molar-refractivity contribution in [2.24, 2.45) is 0 Å². The maximum absolute atomic E-state index is 12.2. The van der Waals surface area contributed by atoms with Crippen LogP contribution in [0.4, 0.5) is 39.5 Å². The van der Waals surface area contributed by atoms with Gasteiger partial charge in [0.25, 0.3) is 0 Å². The molecular weight excluding hydrogens is 338 g/mol. The molecule has 18 heavy (non-hydrogen) atoms. The van der Waals surface area contributed by atoms with Gasteiger partial charge in [0.05, 0.1) is 0 Å². The maximum Gasteiger partial charge on any atom is 1.00 e. The van der Waals surface area contributed by atoms with Gasteiger partial charge in [0.2, 0.25) is 0 Å². The van der Waals surface area contributed by atoms with E-state index in [1.54, 1.807) is 0 Å². The fraction of sp³-hybridized carbons (Fsp3) is 1.00. The van der Waals surface area contributed by atoms with Crippen LogP contribution in [0, 0.1) is 0 Å². The molecule has 106 valence electrons. The summed E-state index contributed by atoms with van der Waals surface area (Å²) >= 11 is 0. The summed E-state index contributed by atoms with van der Waals surface area (Å²) in [6.07, 6.45) is -7.13. The largest absolute Gasteiger partial charge is 1.00 e. The normalized spacial score (nSPS) is 15.2. The molecular formula is C4H2F9KO3S. The van der Waals surface area contributed by atoms with Gasteiger partial charge in [0.1, 0.15) is 0 Å². The molecule has 1 N–H and O–H groups in total. The molecule has 0 radical (unpaired) electrons. The first-order chi connectivity index (χ1) is 7.00.